The van der Waals surface area contributed by atoms with Crippen LogP contribution in [0.25, 0.3) is 11.2 Å². The van der Waals surface area contributed by atoms with Gasteiger partial charge in [0.05, 0.1) is 11.9 Å². The van der Waals surface area contributed by atoms with Crippen molar-refractivity contribution < 1.29 is 4.79 Å². The van der Waals surface area contributed by atoms with Crippen molar-refractivity contribution in [2.45, 2.75) is 53.6 Å². The molecule has 23 heavy (non-hydrogen) atoms. The maximum atomic E-state index is 12.8. The largest absolute Gasteiger partial charge is 0.335 e. The molecule has 0 radical (unpaired) electrons. The highest BCUT2D eigenvalue weighted by atomic mass is 16.2. The molecule has 0 aliphatic carbocycles. The molecule has 124 valence electrons. The molecule has 0 bridgehead atoms. The Hall–Kier alpha value is -1.91. The molecule has 0 N–H and O–H groups in total. The van der Waals surface area contributed by atoms with Crippen LogP contribution in [0, 0.1) is 11.3 Å². The standard InChI is InChI=1S/C18H26N4O/c1-12(2)10-21-11-20-15-8-14(9-19-16(15)21)17(23)22-7-6-18(4,5)13(22)3/h8-9,11-13H,6-7,10H2,1-5H3. The monoisotopic (exact) mass is 314 g/mol. The van der Waals surface area contributed by atoms with Gasteiger partial charge >= 0.3 is 0 Å². The summed E-state index contributed by atoms with van der Waals surface area (Å²) in [6, 6.07) is 2.11. The number of imidazole rings is 1. The van der Waals surface area contributed by atoms with E-state index in [-0.39, 0.29) is 17.4 Å². The van der Waals surface area contributed by atoms with E-state index in [1.165, 1.54) is 0 Å². The van der Waals surface area contributed by atoms with Gasteiger partial charge in [0, 0.05) is 25.3 Å². The lowest BCUT2D eigenvalue weighted by Crippen LogP contribution is -2.38. The van der Waals surface area contributed by atoms with Gasteiger partial charge in [-0.2, -0.15) is 0 Å². The molecule has 1 saturated heterocycles. The van der Waals surface area contributed by atoms with Crippen molar-refractivity contribution in [1.29, 1.82) is 0 Å². The Bertz CT molecular complexity index is 732. The molecule has 1 atom stereocenters. The van der Waals surface area contributed by atoms with Crippen LogP contribution in [0.2, 0.25) is 0 Å². The van der Waals surface area contributed by atoms with Crippen LogP contribution in [0.3, 0.4) is 0 Å². The highest BCUT2D eigenvalue weighted by molar-refractivity contribution is 5.96. The summed E-state index contributed by atoms with van der Waals surface area (Å²) in [6.07, 6.45) is 4.55. The molecular formula is C18H26N4O. The van der Waals surface area contributed by atoms with Gasteiger partial charge in [-0.15, -0.1) is 0 Å². The lowest BCUT2D eigenvalue weighted by Gasteiger charge is -2.29. The molecule has 1 aliphatic heterocycles. The number of nitrogens with zero attached hydrogens (tertiary/aromatic N) is 4. The number of pyridine rings is 1. The first-order chi connectivity index (χ1) is 10.8. The predicted molar refractivity (Wildman–Crippen MR) is 91.3 cm³/mol. The zero-order chi connectivity index (χ0) is 16.8. The molecule has 1 aliphatic rings. The topological polar surface area (TPSA) is 51.0 Å². The molecule has 2 aromatic heterocycles. The number of carbonyl (C=O) groups is 1. The van der Waals surface area contributed by atoms with Gasteiger partial charge in [-0.25, -0.2) is 9.97 Å². The summed E-state index contributed by atoms with van der Waals surface area (Å²) in [5.41, 5.74) is 2.45. The van der Waals surface area contributed by atoms with Gasteiger partial charge < -0.3 is 9.47 Å². The first-order valence-electron chi connectivity index (χ1n) is 8.41. The first kappa shape index (κ1) is 16.0. The first-order valence-corrected chi connectivity index (χ1v) is 8.41. The second-order valence-electron chi connectivity index (χ2n) is 7.77. The average Bonchev–Trinajstić information content (AvgIpc) is 3.00. The van der Waals surface area contributed by atoms with E-state index in [2.05, 4.69) is 49.2 Å². The minimum absolute atomic E-state index is 0.0656. The zero-order valence-corrected chi connectivity index (χ0v) is 14.7. The number of hydrogen-bond donors (Lipinski definition) is 0. The van der Waals surface area contributed by atoms with E-state index >= 15 is 0 Å². The molecule has 1 fully saturated rings. The Morgan fingerprint density at radius 3 is 2.74 bits per heavy atom. The second-order valence-corrected chi connectivity index (χ2v) is 7.77. The van der Waals surface area contributed by atoms with Crippen molar-refractivity contribution in [3.63, 3.8) is 0 Å². The Kier molecular flexibility index (Phi) is 3.90. The highest BCUT2D eigenvalue weighted by Gasteiger charge is 2.39. The quantitative estimate of drug-likeness (QED) is 0.873. The van der Waals surface area contributed by atoms with E-state index in [1.807, 2.05) is 17.3 Å². The number of rotatable bonds is 3. The van der Waals surface area contributed by atoms with Crippen molar-refractivity contribution in [1.82, 2.24) is 19.4 Å². The van der Waals surface area contributed by atoms with Gasteiger partial charge in [0.15, 0.2) is 5.65 Å². The summed E-state index contributed by atoms with van der Waals surface area (Å²) in [7, 11) is 0. The van der Waals surface area contributed by atoms with Gasteiger partial charge in [-0.3, -0.25) is 4.79 Å². The number of likely N-dealkylation sites (tertiary alicyclic amines) is 1. The van der Waals surface area contributed by atoms with Gasteiger partial charge in [0.2, 0.25) is 0 Å². The fourth-order valence-electron chi connectivity index (χ4n) is 3.27. The Balaban J connectivity index is 1.88. The van der Waals surface area contributed by atoms with Crippen LogP contribution in [-0.4, -0.2) is 37.9 Å². The number of hydrogen-bond acceptors (Lipinski definition) is 3. The molecule has 2 aromatic rings. The smallest absolute Gasteiger partial charge is 0.255 e. The van der Waals surface area contributed by atoms with E-state index in [9.17, 15) is 4.79 Å². The summed E-state index contributed by atoms with van der Waals surface area (Å²) in [6.45, 7) is 12.6. The van der Waals surface area contributed by atoms with Crippen LogP contribution in [-0.2, 0) is 6.54 Å². The molecule has 1 unspecified atom stereocenters. The van der Waals surface area contributed by atoms with Crippen molar-refractivity contribution >= 4 is 17.1 Å². The van der Waals surface area contributed by atoms with Crippen molar-refractivity contribution in [2.24, 2.45) is 11.3 Å². The molecule has 0 aromatic carbocycles. The maximum Gasteiger partial charge on any atom is 0.255 e. The number of amides is 1. The number of aromatic nitrogens is 3. The zero-order valence-electron chi connectivity index (χ0n) is 14.7. The highest BCUT2D eigenvalue weighted by Crippen LogP contribution is 2.36. The SMILES string of the molecule is CC(C)Cn1cnc2cc(C(=O)N3CCC(C)(C)C3C)cnc21. The van der Waals surface area contributed by atoms with Crippen molar-refractivity contribution in [2.75, 3.05) is 6.54 Å². The van der Waals surface area contributed by atoms with Gasteiger partial charge in [-0.05, 0) is 30.7 Å². The maximum absolute atomic E-state index is 12.8. The summed E-state index contributed by atoms with van der Waals surface area (Å²) in [5, 5.41) is 0. The molecule has 3 heterocycles. The van der Waals surface area contributed by atoms with Crippen molar-refractivity contribution in [3.8, 4) is 0 Å². The average molecular weight is 314 g/mol. The third-order valence-corrected chi connectivity index (χ3v) is 5.12. The molecule has 1 amide bonds. The molecule has 0 spiro atoms. The summed E-state index contributed by atoms with van der Waals surface area (Å²) >= 11 is 0. The van der Waals surface area contributed by atoms with Gasteiger partial charge in [0.25, 0.3) is 5.91 Å². The van der Waals surface area contributed by atoms with Crippen LogP contribution in [0.4, 0.5) is 0 Å². The van der Waals surface area contributed by atoms with Crippen LogP contribution in [0.1, 0.15) is 51.4 Å². The van der Waals surface area contributed by atoms with Crippen molar-refractivity contribution in [3.05, 3.63) is 24.2 Å². The van der Waals surface area contributed by atoms with Crippen LogP contribution in [0.5, 0.6) is 0 Å². The Labute approximate surface area is 137 Å². The minimum Gasteiger partial charge on any atom is -0.335 e. The van der Waals surface area contributed by atoms with E-state index in [0.29, 0.717) is 11.5 Å². The van der Waals surface area contributed by atoms with Crippen LogP contribution < -0.4 is 0 Å². The summed E-state index contributed by atoms with van der Waals surface area (Å²) < 4.78 is 2.05. The summed E-state index contributed by atoms with van der Waals surface area (Å²) in [4.78, 5) is 23.7. The number of carbonyl (C=O) groups excluding carboxylic acids is 1. The third-order valence-electron chi connectivity index (χ3n) is 5.12. The second kappa shape index (κ2) is 5.62. The Morgan fingerprint density at radius 2 is 2.13 bits per heavy atom. The molecule has 0 saturated carbocycles. The van der Waals surface area contributed by atoms with E-state index in [0.717, 1.165) is 30.7 Å². The molecule has 3 rings (SSSR count). The third kappa shape index (κ3) is 2.84. The number of fused-ring (bicyclic) bond motifs is 1. The van der Waals surface area contributed by atoms with Crippen LogP contribution in [0.15, 0.2) is 18.6 Å². The molecule has 5 nitrogen and oxygen atoms in total. The predicted octanol–water partition coefficient (Wildman–Crippen LogP) is 3.35. The fourth-order valence-corrected chi connectivity index (χ4v) is 3.27. The van der Waals surface area contributed by atoms with Crippen LogP contribution >= 0.6 is 0 Å². The Morgan fingerprint density at radius 1 is 1.39 bits per heavy atom. The minimum atomic E-state index is 0.0656. The normalized spacial score (nSPS) is 20.6. The summed E-state index contributed by atoms with van der Waals surface area (Å²) in [5.74, 6) is 0.596. The van der Waals surface area contributed by atoms with Gasteiger partial charge in [-0.1, -0.05) is 27.7 Å². The van der Waals surface area contributed by atoms with E-state index < -0.39 is 0 Å². The lowest BCUT2D eigenvalue weighted by atomic mass is 9.86. The van der Waals surface area contributed by atoms with Gasteiger partial charge in [0.1, 0.15) is 5.52 Å². The molecule has 5 heteroatoms. The molecular weight excluding hydrogens is 288 g/mol. The fraction of sp³-hybridized carbons (Fsp3) is 0.611. The lowest BCUT2D eigenvalue weighted by molar-refractivity contribution is 0.0706. The van der Waals surface area contributed by atoms with E-state index in [4.69, 9.17) is 0 Å². The van der Waals surface area contributed by atoms with E-state index in [1.54, 1.807) is 6.20 Å².